The smallest absolute Gasteiger partial charge is 0.143 e. The number of fused-ring (bicyclic) bond motifs is 1. The lowest BCUT2D eigenvalue weighted by Gasteiger charge is -2.29. The van der Waals surface area contributed by atoms with E-state index >= 15 is 0 Å². The van der Waals surface area contributed by atoms with Crippen LogP contribution in [0.25, 0.3) is 0 Å². The zero-order valence-electron chi connectivity index (χ0n) is 9.89. The summed E-state index contributed by atoms with van der Waals surface area (Å²) in [6, 6.07) is 5.52. The van der Waals surface area contributed by atoms with E-state index in [9.17, 15) is 0 Å². The van der Waals surface area contributed by atoms with Gasteiger partial charge in [0.1, 0.15) is 11.9 Å². The summed E-state index contributed by atoms with van der Waals surface area (Å²) in [4.78, 5) is 4.47. The predicted molar refractivity (Wildman–Crippen MR) is 73.2 cm³/mol. The largest absolute Gasteiger partial charge is 0.484 e. The van der Waals surface area contributed by atoms with Crippen LogP contribution in [0, 0.1) is 6.92 Å². The molecule has 94 valence electrons. The molecule has 0 radical (unpaired) electrons. The van der Waals surface area contributed by atoms with Crippen LogP contribution in [-0.4, -0.2) is 4.98 Å². The number of nitrogens with two attached hydrogens (primary N) is 1. The van der Waals surface area contributed by atoms with E-state index in [-0.39, 0.29) is 12.1 Å². The van der Waals surface area contributed by atoms with Crippen molar-refractivity contribution in [2.45, 2.75) is 25.5 Å². The van der Waals surface area contributed by atoms with Gasteiger partial charge < -0.3 is 10.5 Å². The van der Waals surface area contributed by atoms with Gasteiger partial charge in [0, 0.05) is 28.4 Å². The Bertz CT molecular complexity index is 584. The third-order valence-electron chi connectivity index (χ3n) is 3.08. The Morgan fingerprint density at radius 3 is 3.06 bits per heavy atom. The van der Waals surface area contributed by atoms with Gasteiger partial charge in [-0.2, -0.15) is 0 Å². The first-order valence-electron chi connectivity index (χ1n) is 5.77. The summed E-state index contributed by atoms with van der Waals surface area (Å²) in [5.74, 6) is 0.814. The highest BCUT2D eigenvalue weighted by atomic mass is 35.5. The summed E-state index contributed by atoms with van der Waals surface area (Å²) in [5, 5.41) is 3.77. The Hall–Kier alpha value is -1.10. The van der Waals surface area contributed by atoms with Crippen LogP contribution in [0.4, 0.5) is 0 Å². The lowest BCUT2D eigenvalue weighted by molar-refractivity contribution is 0.158. The Morgan fingerprint density at radius 2 is 2.33 bits per heavy atom. The van der Waals surface area contributed by atoms with Crippen LogP contribution < -0.4 is 10.5 Å². The number of benzene rings is 1. The van der Waals surface area contributed by atoms with Gasteiger partial charge in [-0.3, -0.25) is 0 Å². The summed E-state index contributed by atoms with van der Waals surface area (Å²) in [7, 11) is 0. The number of hydrogen-bond acceptors (Lipinski definition) is 4. The number of rotatable bonds is 1. The Morgan fingerprint density at radius 1 is 1.50 bits per heavy atom. The van der Waals surface area contributed by atoms with Gasteiger partial charge in [-0.25, -0.2) is 4.98 Å². The van der Waals surface area contributed by atoms with Crippen molar-refractivity contribution in [2.75, 3.05) is 0 Å². The first-order chi connectivity index (χ1) is 8.63. The number of aryl methyl sites for hydroxylation is 1. The lowest BCUT2D eigenvalue weighted by atomic mass is 9.96. The molecule has 1 aliphatic rings. The monoisotopic (exact) mass is 280 g/mol. The molecule has 2 heterocycles. The second-order valence-corrected chi connectivity index (χ2v) is 5.92. The molecule has 2 aromatic rings. The fraction of sp³-hybridized carbons (Fsp3) is 0.308. The maximum absolute atomic E-state index is 6.19. The topological polar surface area (TPSA) is 48.1 Å². The van der Waals surface area contributed by atoms with E-state index in [2.05, 4.69) is 4.98 Å². The van der Waals surface area contributed by atoms with E-state index in [0.29, 0.717) is 5.02 Å². The highest BCUT2D eigenvalue weighted by molar-refractivity contribution is 7.09. The highest BCUT2D eigenvalue weighted by Gasteiger charge is 2.28. The van der Waals surface area contributed by atoms with E-state index in [1.54, 1.807) is 11.3 Å². The van der Waals surface area contributed by atoms with E-state index in [4.69, 9.17) is 22.1 Å². The number of hydrogen-bond donors (Lipinski definition) is 1. The van der Waals surface area contributed by atoms with Crippen LogP contribution >= 0.6 is 22.9 Å². The standard InChI is InChI=1S/C13H13ClN2OS/c1-7-16-11(6-18-7)13-5-10(15)9-4-8(14)2-3-12(9)17-13/h2-4,6,10,13H,5,15H2,1H3/t10-,13?/m1/s1. The van der Waals surface area contributed by atoms with Gasteiger partial charge in [-0.15, -0.1) is 11.3 Å². The number of nitrogens with zero attached hydrogens (tertiary/aromatic N) is 1. The van der Waals surface area contributed by atoms with Crippen molar-refractivity contribution in [3.8, 4) is 5.75 Å². The average Bonchev–Trinajstić information content (AvgIpc) is 2.77. The summed E-state index contributed by atoms with van der Waals surface area (Å²) < 4.78 is 5.96. The summed E-state index contributed by atoms with van der Waals surface area (Å²) in [6.07, 6.45) is 0.676. The van der Waals surface area contributed by atoms with E-state index in [1.165, 1.54) is 0 Å². The number of thiazole rings is 1. The predicted octanol–water partition coefficient (Wildman–Crippen LogP) is 3.63. The SMILES string of the molecule is Cc1nc(C2C[C@@H](N)c3cc(Cl)ccc3O2)cs1. The van der Waals surface area contributed by atoms with Crippen molar-refractivity contribution in [1.29, 1.82) is 0 Å². The molecular formula is C13H13ClN2OS. The van der Waals surface area contributed by atoms with Crippen molar-refractivity contribution in [3.05, 3.63) is 44.9 Å². The second-order valence-electron chi connectivity index (χ2n) is 4.42. The van der Waals surface area contributed by atoms with Crippen LogP contribution in [0.3, 0.4) is 0 Å². The molecule has 0 amide bonds. The molecule has 2 atom stereocenters. The lowest BCUT2D eigenvalue weighted by Crippen LogP contribution is -2.24. The van der Waals surface area contributed by atoms with Crippen molar-refractivity contribution < 1.29 is 4.74 Å². The quantitative estimate of drug-likeness (QED) is 0.868. The third kappa shape index (κ3) is 2.11. The molecule has 2 N–H and O–H groups in total. The van der Waals surface area contributed by atoms with Crippen molar-refractivity contribution in [1.82, 2.24) is 4.98 Å². The van der Waals surface area contributed by atoms with Gasteiger partial charge in [0.2, 0.25) is 0 Å². The molecule has 0 bridgehead atoms. The van der Waals surface area contributed by atoms with Gasteiger partial charge in [0.05, 0.1) is 10.7 Å². The molecule has 3 nitrogen and oxygen atoms in total. The Labute approximate surface area is 115 Å². The van der Waals surface area contributed by atoms with Gasteiger partial charge >= 0.3 is 0 Å². The van der Waals surface area contributed by atoms with Crippen LogP contribution in [-0.2, 0) is 0 Å². The third-order valence-corrected chi connectivity index (χ3v) is 4.10. The molecule has 1 aromatic carbocycles. The minimum atomic E-state index is -0.0568. The van der Waals surface area contributed by atoms with E-state index in [1.807, 2.05) is 30.5 Å². The van der Waals surface area contributed by atoms with Gasteiger partial charge in [-0.1, -0.05) is 11.6 Å². The van der Waals surface area contributed by atoms with Crippen LogP contribution in [0.15, 0.2) is 23.6 Å². The second kappa shape index (κ2) is 4.53. The summed E-state index contributed by atoms with van der Waals surface area (Å²) in [5.41, 5.74) is 8.13. The fourth-order valence-corrected chi connectivity index (χ4v) is 3.02. The molecule has 1 unspecified atom stereocenters. The zero-order chi connectivity index (χ0) is 12.7. The van der Waals surface area contributed by atoms with Crippen LogP contribution in [0.2, 0.25) is 5.02 Å². The summed E-state index contributed by atoms with van der Waals surface area (Å²) in [6.45, 7) is 1.99. The molecule has 0 spiro atoms. The number of aromatic nitrogens is 1. The highest BCUT2D eigenvalue weighted by Crippen LogP contribution is 2.40. The number of halogens is 1. The minimum Gasteiger partial charge on any atom is -0.484 e. The maximum atomic E-state index is 6.19. The zero-order valence-corrected chi connectivity index (χ0v) is 11.5. The Balaban J connectivity index is 1.94. The molecular weight excluding hydrogens is 268 g/mol. The van der Waals surface area contributed by atoms with E-state index in [0.717, 1.165) is 28.4 Å². The molecule has 1 aromatic heterocycles. The van der Waals surface area contributed by atoms with E-state index < -0.39 is 0 Å². The fourth-order valence-electron chi connectivity index (χ4n) is 2.18. The molecule has 0 aliphatic carbocycles. The van der Waals surface area contributed by atoms with Crippen LogP contribution in [0.5, 0.6) is 5.75 Å². The maximum Gasteiger partial charge on any atom is 0.143 e. The molecule has 0 saturated heterocycles. The van der Waals surface area contributed by atoms with Gasteiger partial charge in [0.25, 0.3) is 0 Å². The molecule has 5 heteroatoms. The molecule has 18 heavy (non-hydrogen) atoms. The van der Waals surface area contributed by atoms with Gasteiger partial charge in [-0.05, 0) is 25.1 Å². The average molecular weight is 281 g/mol. The first-order valence-corrected chi connectivity index (χ1v) is 7.03. The molecule has 3 rings (SSSR count). The van der Waals surface area contributed by atoms with Crippen LogP contribution in [0.1, 0.15) is 34.8 Å². The Kier molecular flexibility index (Phi) is 3.01. The molecule has 0 saturated carbocycles. The molecule has 0 fully saturated rings. The number of ether oxygens (including phenoxy) is 1. The van der Waals surface area contributed by atoms with Gasteiger partial charge in [0.15, 0.2) is 0 Å². The summed E-state index contributed by atoms with van der Waals surface area (Å²) >= 11 is 7.61. The normalized spacial score (nSPS) is 22.4. The molecule has 1 aliphatic heterocycles. The van der Waals surface area contributed by atoms with Crippen molar-refractivity contribution in [2.24, 2.45) is 5.73 Å². The minimum absolute atomic E-state index is 0.0561. The first kappa shape index (κ1) is 12.0. The van der Waals surface area contributed by atoms with Crippen molar-refractivity contribution in [3.63, 3.8) is 0 Å². The van der Waals surface area contributed by atoms with Crippen molar-refractivity contribution >= 4 is 22.9 Å².